The van der Waals surface area contributed by atoms with Gasteiger partial charge in [0, 0.05) is 51.9 Å². The summed E-state index contributed by atoms with van der Waals surface area (Å²) >= 11 is 5.38. The van der Waals surface area contributed by atoms with Crippen molar-refractivity contribution < 1.29 is 4.42 Å². The molecule has 3 aromatic heterocycles. The van der Waals surface area contributed by atoms with Crippen molar-refractivity contribution in [2.75, 3.05) is 0 Å². The first-order valence-corrected chi connectivity index (χ1v) is 24.7. The second kappa shape index (κ2) is 15.3. The zero-order valence-corrected chi connectivity index (χ0v) is 38.8. The second-order valence-electron chi connectivity index (χ2n) is 18.1. The molecule has 0 unspecified atom stereocenters. The quantitative estimate of drug-likeness (QED) is 0.160. The molecule has 0 saturated heterocycles. The molecular weight excluding hydrogens is 899 g/mol. The summed E-state index contributed by atoms with van der Waals surface area (Å²) in [6, 6.07) is 74.6. The Kier molecular flexibility index (Phi) is 8.84. The van der Waals surface area contributed by atoms with Crippen molar-refractivity contribution in [3.8, 4) is 39.1 Å². The number of hydrogen-bond donors (Lipinski definition) is 0. The molecule has 16 rings (SSSR count). The van der Waals surface area contributed by atoms with Crippen LogP contribution in [-0.4, -0.2) is 4.57 Å². The van der Waals surface area contributed by atoms with E-state index in [0.717, 1.165) is 51.4 Å². The predicted molar refractivity (Wildman–Crippen MR) is 286 cm³/mol. The van der Waals surface area contributed by atoms with E-state index < -0.39 is 0 Å². The van der Waals surface area contributed by atoms with Crippen LogP contribution in [0.2, 0.25) is 0 Å². The molecule has 13 aromatic rings. The lowest BCUT2D eigenvalue weighted by atomic mass is 9.98. The molecule has 0 spiro atoms. The van der Waals surface area contributed by atoms with Gasteiger partial charge in [-0.1, -0.05) is 155 Å². The molecule has 3 aliphatic rings. The number of para-hydroxylation sites is 2. The summed E-state index contributed by atoms with van der Waals surface area (Å²) in [5.41, 5.74) is 22.8. The molecule has 10 aromatic carbocycles. The van der Waals surface area contributed by atoms with Gasteiger partial charge in [0.25, 0.3) is 0 Å². The van der Waals surface area contributed by atoms with Gasteiger partial charge in [0.2, 0.25) is 0 Å². The van der Waals surface area contributed by atoms with E-state index in [1.54, 1.807) is 0 Å². The highest BCUT2D eigenvalue weighted by atomic mass is 79.9. The second-order valence-corrected chi connectivity index (χ2v) is 20.1. The maximum absolute atomic E-state index is 6.08. The highest BCUT2D eigenvalue weighted by molar-refractivity contribution is 9.10. The third-order valence-corrected chi connectivity index (χ3v) is 15.9. The van der Waals surface area contributed by atoms with Crippen LogP contribution in [0.25, 0.3) is 103 Å². The van der Waals surface area contributed by atoms with Crippen LogP contribution in [0.3, 0.4) is 0 Å². The minimum Gasteiger partial charge on any atom is -0.456 e. The fourth-order valence-electron chi connectivity index (χ4n) is 11.2. The highest BCUT2D eigenvalue weighted by Gasteiger charge is 2.25. The smallest absolute Gasteiger partial charge is 0.135 e. The van der Waals surface area contributed by atoms with Gasteiger partial charge in [0.15, 0.2) is 0 Å². The molecule has 0 bridgehead atoms. The topological polar surface area (TPSA) is 18.1 Å². The van der Waals surface area contributed by atoms with E-state index >= 15 is 0 Å². The van der Waals surface area contributed by atoms with Crippen molar-refractivity contribution in [1.82, 2.24) is 4.57 Å². The van der Waals surface area contributed by atoms with Crippen LogP contribution in [0, 0.1) is 0 Å². The largest absolute Gasteiger partial charge is 0.456 e. The number of rotatable bonds is 1. The molecular formula is C63H40BrNOS. The number of halogens is 1. The molecule has 2 nitrogen and oxygen atoms in total. The first-order valence-electron chi connectivity index (χ1n) is 23.0. The molecule has 67 heavy (non-hydrogen) atoms. The Labute approximate surface area is 400 Å². The molecule has 0 aliphatic heterocycles. The lowest BCUT2D eigenvalue weighted by Gasteiger charge is -2.08. The molecule has 316 valence electrons. The highest BCUT2D eigenvalue weighted by Crippen LogP contribution is 2.45. The number of aromatic nitrogens is 1. The van der Waals surface area contributed by atoms with Gasteiger partial charge in [-0.15, -0.1) is 11.3 Å². The van der Waals surface area contributed by atoms with Gasteiger partial charge in [-0.3, -0.25) is 0 Å². The van der Waals surface area contributed by atoms with Gasteiger partial charge in [-0.25, -0.2) is 0 Å². The van der Waals surface area contributed by atoms with E-state index in [9.17, 15) is 0 Å². The fraction of sp³-hybridized carbons (Fsp3) is 0.0476. The van der Waals surface area contributed by atoms with Gasteiger partial charge >= 0.3 is 0 Å². The first-order chi connectivity index (χ1) is 33.1. The standard InChI is InChI=1S/C30H17NOS.C20H14.C13H9Br/c1-4-10-25-19(7-1)22-16-24-21-9-3-6-12-29(21)33-30(24)17-26(22)31(25)18-13-14-28-23(15-18)20-8-2-5-11-27(20)32-28;1-3-7-17-13(5-1)9-15-11-16-10-14-6-2-4-8-18(14)20(16)12-19(15)17;14-11-6-5-10-7-9-3-1-2-4-12(9)13(10)8-11/h1-17H;1-8,11-12H,9-10H2;1-6,8H,7H2. The molecule has 4 heteroatoms. The van der Waals surface area contributed by atoms with Crippen LogP contribution in [0.15, 0.2) is 215 Å². The van der Waals surface area contributed by atoms with Gasteiger partial charge in [0.05, 0.1) is 11.0 Å². The summed E-state index contributed by atoms with van der Waals surface area (Å²) in [5.74, 6) is 0. The van der Waals surface area contributed by atoms with Crippen LogP contribution in [0.4, 0.5) is 0 Å². The van der Waals surface area contributed by atoms with E-state index in [1.807, 2.05) is 23.5 Å². The monoisotopic (exact) mass is 937 g/mol. The third-order valence-electron chi connectivity index (χ3n) is 14.3. The zero-order chi connectivity index (χ0) is 44.2. The van der Waals surface area contributed by atoms with Gasteiger partial charge in [-0.05, 0) is 153 Å². The zero-order valence-electron chi connectivity index (χ0n) is 36.4. The Morgan fingerprint density at radius 3 is 1.64 bits per heavy atom. The summed E-state index contributed by atoms with van der Waals surface area (Å²) in [7, 11) is 0. The number of thiophene rings is 1. The van der Waals surface area contributed by atoms with Crippen molar-refractivity contribution in [1.29, 1.82) is 0 Å². The maximum Gasteiger partial charge on any atom is 0.135 e. The molecule has 0 fully saturated rings. The van der Waals surface area contributed by atoms with E-state index in [1.165, 1.54) is 109 Å². The van der Waals surface area contributed by atoms with Crippen LogP contribution in [-0.2, 0) is 19.3 Å². The fourth-order valence-corrected chi connectivity index (χ4v) is 12.7. The Morgan fingerprint density at radius 1 is 0.343 bits per heavy atom. The van der Waals surface area contributed by atoms with Crippen LogP contribution >= 0.6 is 27.3 Å². The first kappa shape index (κ1) is 38.7. The Hall–Kier alpha value is -7.50. The number of nitrogens with zero attached hydrogens (tertiary/aromatic N) is 1. The Balaban J connectivity index is 0.000000106. The normalized spacial score (nSPS) is 12.7. The summed E-state index contributed by atoms with van der Waals surface area (Å²) in [6.07, 6.45) is 3.27. The molecule has 0 N–H and O–H groups in total. The van der Waals surface area contributed by atoms with E-state index in [4.69, 9.17) is 4.42 Å². The van der Waals surface area contributed by atoms with Crippen LogP contribution < -0.4 is 0 Å². The summed E-state index contributed by atoms with van der Waals surface area (Å²) in [5, 5.41) is 7.55. The Bertz CT molecular complexity index is 4100. The predicted octanol–water partition coefficient (Wildman–Crippen LogP) is 17.9. The van der Waals surface area contributed by atoms with Crippen LogP contribution in [0.5, 0.6) is 0 Å². The molecule has 3 aliphatic carbocycles. The molecule has 0 saturated carbocycles. The van der Waals surface area contributed by atoms with Crippen molar-refractivity contribution in [2.45, 2.75) is 19.3 Å². The average molecular weight is 939 g/mol. The van der Waals surface area contributed by atoms with E-state index in [-0.39, 0.29) is 0 Å². The van der Waals surface area contributed by atoms with Gasteiger partial charge in [0.1, 0.15) is 11.2 Å². The maximum atomic E-state index is 6.08. The average Bonchev–Trinajstić information content (AvgIpc) is 4.23. The minimum absolute atomic E-state index is 0.924. The Morgan fingerprint density at radius 2 is 0.910 bits per heavy atom. The summed E-state index contributed by atoms with van der Waals surface area (Å²) in [6.45, 7) is 0. The number of fused-ring (bicyclic) bond motifs is 18. The van der Waals surface area contributed by atoms with Gasteiger partial charge < -0.3 is 8.98 Å². The van der Waals surface area contributed by atoms with Crippen molar-refractivity contribution in [3.63, 3.8) is 0 Å². The van der Waals surface area contributed by atoms with E-state index in [0.29, 0.717) is 0 Å². The SMILES string of the molecule is Brc1ccc2c(c1)-c1ccccc1C2.c1ccc2c(c1)Cc1cc3c(cc1-2)-c1ccccc1C3.c1ccc2c(c1)oc1ccc(-n3c4ccccc4c4cc5c(cc43)sc3ccccc35)cc12. The third kappa shape index (κ3) is 6.28. The number of hydrogen-bond acceptors (Lipinski definition) is 2. The molecule has 0 atom stereocenters. The molecule has 0 radical (unpaired) electrons. The number of furan rings is 1. The van der Waals surface area contributed by atoms with E-state index in [2.05, 4.69) is 215 Å². The minimum atomic E-state index is 0.924. The number of benzene rings is 10. The van der Waals surface area contributed by atoms with Crippen molar-refractivity contribution >= 4 is 91.2 Å². The van der Waals surface area contributed by atoms with Crippen molar-refractivity contribution in [3.05, 3.63) is 244 Å². The van der Waals surface area contributed by atoms with Gasteiger partial charge in [-0.2, -0.15) is 0 Å². The van der Waals surface area contributed by atoms with Crippen LogP contribution in [0.1, 0.15) is 33.4 Å². The molecule has 0 amide bonds. The van der Waals surface area contributed by atoms with Crippen molar-refractivity contribution in [2.24, 2.45) is 0 Å². The lowest BCUT2D eigenvalue weighted by Crippen LogP contribution is -1.93. The molecule has 3 heterocycles. The summed E-state index contributed by atoms with van der Waals surface area (Å²) in [4.78, 5) is 0. The summed E-state index contributed by atoms with van der Waals surface area (Å²) < 4.78 is 12.3. The lowest BCUT2D eigenvalue weighted by molar-refractivity contribution is 0.669.